The number of amides is 4. The summed E-state index contributed by atoms with van der Waals surface area (Å²) in [5.74, 6) is -2.31. The van der Waals surface area contributed by atoms with Gasteiger partial charge >= 0.3 is 18.1 Å². The third kappa shape index (κ3) is 10.4. The Morgan fingerprint density at radius 2 is 1.62 bits per heavy atom. The fourth-order valence-corrected chi connectivity index (χ4v) is 4.51. The molecule has 1 unspecified atom stereocenters. The number of nitrogens with two attached hydrogens (primary N) is 1. The summed E-state index contributed by atoms with van der Waals surface area (Å²) in [7, 11) is 3.33. The van der Waals surface area contributed by atoms with Crippen LogP contribution in [0.4, 0.5) is 20.4 Å². The van der Waals surface area contributed by atoms with E-state index in [9.17, 15) is 19.2 Å². The Bertz CT molecular complexity index is 1310. The molecule has 230 valence electrons. The first kappa shape index (κ1) is 34.1. The Labute approximate surface area is 251 Å². The quantitative estimate of drug-likeness (QED) is 0.224. The number of aryl methyl sites for hydroxylation is 2. The van der Waals surface area contributed by atoms with Crippen LogP contribution in [0.2, 0.25) is 0 Å². The van der Waals surface area contributed by atoms with Crippen LogP contribution in [0.15, 0.2) is 30.3 Å². The molecule has 1 aromatic carbocycles. The van der Waals surface area contributed by atoms with Gasteiger partial charge in [0.2, 0.25) is 11.8 Å². The summed E-state index contributed by atoms with van der Waals surface area (Å²) in [4.78, 5) is 55.0. The zero-order chi connectivity index (χ0) is 31.9. The van der Waals surface area contributed by atoms with Crippen LogP contribution in [-0.2, 0) is 31.9 Å². The Balaban J connectivity index is 2.27. The molecule has 1 aromatic heterocycles. The first-order valence-corrected chi connectivity index (χ1v) is 14.2. The fourth-order valence-electron chi connectivity index (χ4n) is 3.55. The lowest BCUT2D eigenvalue weighted by Gasteiger charge is -2.42. The highest BCUT2D eigenvalue weighted by molar-refractivity contribution is 7.16. The van der Waals surface area contributed by atoms with Crippen molar-refractivity contribution in [3.8, 4) is 0 Å². The van der Waals surface area contributed by atoms with Crippen molar-refractivity contribution in [2.24, 2.45) is 11.1 Å². The first-order chi connectivity index (χ1) is 19.3. The van der Waals surface area contributed by atoms with E-state index in [0.29, 0.717) is 23.7 Å². The third-order valence-electron chi connectivity index (χ3n) is 5.69. The summed E-state index contributed by atoms with van der Waals surface area (Å²) < 4.78 is 11.1. The lowest BCUT2D eigenvalue weighted by molar-refractivity contribution is -0.202. The number of aromatic nitrogens is 1. The molecule has 4 amide bonds. The number of carbonyl (C=O) groups excluding carboxylic acids is 4. The number of nitrogens with one attached hydrogen (secondary N) is 3. The summed E-state index contributed by atoms with van der Waals surface area (Å²) >= 11 is 1.29. The molecule has 0 aliphatic rings. The van der Waals surface area contributed by atoms with Crippen LogP contribution >= 0.6 is 11.3 Å². The van der Waals surface area contributed by atoms with Crippen LogP contribution in [0.25, 0.3) is 6.08 Å². The summed E-state index contributed by atoms with van der Waals surface area (Å²) in [6.07, 6.45) is 2.42. The fraction of sp³-hybridized carbons (Fsp3) is 0.483. The van der Waals surface area contributed by atoms with Gasteiger partial charge in [0, 0.05) is 38.3 Å². The predicted molar refractivity (Wildman–Crippen MR) is 164 cm³/mol. The predicted octanol–water partition coefficient (Wildman–Crippen LogP) is 4.72. The monoisotopic (exact) mass is 602 g/mol. The topological polar surface area (TPSA) is 165 Å². The van der Waals surface area contributed by atoms with E-state index in [-0.39, 0.29) is 11.8 Å². The van der Waals surface area contributed by atoms with E-state index in [2.05, 4.69) is 20.9 Å². The van der Waals surface area contributed by atoms with Gasteiger partial charge in [-0.2, -0.15) is 0 Å². The van der Waals surface area contributed by atoms with Gasteiger partial charge in [-0.1, -0.05) is 44.2 Å². The number of alkyl carbamates (subject to hydrolysis) is 1. The highest BCUT2D eigenvalue weighted by Crippen LogP contribution is 2.37. The number of thiazole rings is 1. The normalized spacial score (nSPS) is 13.2. The van der Waals surface area contributed by atoms with Crippen LogP contribution in [0.1, 0.15) is 64.6 Å². The second-order valence-electron chi connectivity index (χ2n) is 12.0. The van der Waals surface area contributed by atoms with E-state index in [4.69, 9.17) is 15.2 Å². The highest BCUT2D eigenvalue weighted by atomic mass is 32.1. The minimum atomic E-state index is -1.92. The SMILES string of the molecule is CC(=O)Nc1nc(CCc2ccc(NC(OC(N)=O)(OC(=O)NC(C)(C)C)C(C)(C)C)cc2)c(C=CC(=O)N(C)C)s1. The number of anilines is 2. The molecule has 0 saturated heterocycles. The Morgan fingerprint density at radius 1 is 1.00 bits per heavy atom. The lowest BCUT2D eigenvalue weighted by Crippen LogP contribution is -2.59. The van der Waals surface area contributed by atoms with Crippen molar-refractivity contribution in [3.05, 3.63) is 46.5 Å². The van der Waals surface area contributed by atoms with Crippen LogP contribution in [-0.4, -0.2) is 59.4 Å². The molecule has 0 spiro atoms. The van der Waals surface area contributed by atoms with Crippen LogP contribution < -0.4 is 21.7 Å². The van der Waals surface area contributed by atoms with E-state index in [1.807, 2.05) is 12.1 Å². The van der Waals surface area contributed by atoms with E-state index in [1.54, 1.807) is 73.8 Å². The molecule has 0 fully saturated rings. The molecule has 0 aliphatic carbocycles. The maximum Gasteiger partial charge on any atom is 0.412 e. The molecule has 5 N–H and O–H groups in total. The molecule has 2 aromatic rings. The van der Waals surface area contributed by atoms with E-state index in [0.717, 1.165) is 16.1 Å². The van der Waals surface area contributed by atoms with Gasteiger partial charge in [0.05, 0.1) is 16.0 Å². The number of benzene rings is 1. The smallest absolute Gasteiger partial charge is 0.387 e. The third-order valence-corrected chi connectivity index (χ3v) is 6.67. The number of nitrogens with zero attached hydrogens (tertiary/aromatic N) is 2. The molecule has 0 aliphatic heterocycles. The van der Waals surface area contributed by atoms with Gasteiger partial charge in [-0.15, -0.1) is 0 Å². The van der Waals surface area contributed by atoms with Gasteiger partial charge in [-0.05, 0) is 57.4 Å². The zero-order valence-electron chi connectivity index (χ0n) is 25.7. The van der Waals surface area contributed by atoms with Crippen molar-refractivity contribution < 1.29 is 28.7 Å². The second kappa shape index (κ2) is 13.7. The molecule has 0 radical (unpaired) electrons. The average Bonchev–Trinajstić information content (AvgIpc) is 3.20. The lowest BCUT2D eigenvalue weighted by atomic mass is 9.90. The molecular weight excluding hydrogens is 560 g/mol. The standard InChI is InChI=1S/C29H42N6O6S/c1-18(36)31-25-32-21(22(42-25)16-17-23(37)35(8)9)15-12-19-10-13-20(14-11-19)33-29(27(2,3)4,40-24(30)38)41-26(39)34-28(5,6)7/h10-11,13-14,16-17,33H,12,15H2,1-9H3,(H2,30,38)(H,34,39)(H,31,32,36). The van der Waals surface area contributed by atoms with Gasteiger partial charge in [0.1, 0.15) is 0 Å². The van der Waals surface area contributed by atoms with Crippen LogP contribution in [0.3, 0.4) is 0 Å². The van der Waals surface area contributed by atoms with Crippen molar-refractivity contribution >= 4 is 52.2 Å². The average molecular weight is 603 g/mol. The number of hydrogen-bond donors (Lipinski definition) is 4. The van der Waals surface area contributed by atoms with Gasteiger partial charge in [0.15, 0.2) is 5.13 Å². The van der Waals surface area contributed by atoms with Gasteiger partial charge in [-0.3, -0.25) is 9.59 Å². The highest BCUT2D eigenvalue weighted by Gasteiger charge is 2.50. The summed E-state index contributed by atoms with van der Waals surface area (Å²) in [5, 5.41) is 8.90. The van der Waals surface area contributed by atoms with Gasteiger partial charge < -0.3 is 36.1 Å². The summed E-state index contributed by atoms with van der Waals surface area (Å²) in [6, 6.07) is 7.29. The van der Waals surface area contributed by atoms with Crippen molar-refractivity contribution in [2.75, 3.05) is 24.7 Å². The second-order valence-corrected chi connectivity index (χ2v) is 13.0. The Hall–Kier alpha value is -4.13. The number of ether oxygens (including phenoxy) is 2. The van der Waals surface area contributed by atoms with Gasteiger partial charge in [-0.25, -0.2) is 14.6 Å². The van der Waals surface area contributed by atoms with Crippen molar-refractivity contribution in [1.29, 1.82) is 0 Å². The number of likely N-dealkylation sites (N-methyl/N-ethyl adjacent to an activating group) is 1. The van der Waals surface area contributed by atoms with Crippen molar-refractivity contribution in [1.82, 2.24) is 15.2 Å². The van der Waals surface area contributed by atoms with Crippen molar-refractivity contribution in [3.63, 3.8) is 0 Å². The Morgan fingerprint density at radius 3 is 2.12 bits per heavy atom. The zero-order valence-corrected chi connectivity index (χ0v) is 26.5. The minimum Gasteiger partial charge on any atom is -0.387 e. The molecule has 1 atom stereocenters. The molecule has 1 heterocycles. The van der Waals surface area contributed by atoms with Crippen LogP contribution in [0, 0.1) is 5.41 Å². The molecule has 42 heavy (non-hydrogen) atoms. The molecule has 13 heteroatoms. The van der Waals surface area contributed by atoms with Crippen LogP contribution in [0.5, 0.6) is 0 Å². The van der Waals surface area contributed by atoms with Gasteiger partial charge in [0.25, 0.3) is 0 Å². The maximum atomic E-state index is 12.7. The van der Waals surface area contributed by atoms with E-state index >= 15 is 0 Å². The van der Waals surface area contributed by atoms with E-state index < -0.39 is 29.1 Å². The molecule has 12 nitrogen and oxygen atoms in total. The molecule has 2 rings (SSSR count). The molecule has 0 saturated carbocycles. The largest absolute Gasteiger partial charge is 0.412 e. The number of rotatable bonds is 10. The summed E-state index contributed by atoms with van der Waals surface area (Å²) in [6.45, 7) is 12.0. The number of carbonyl (C=O) groups is 4. The number of hydrogen-bond acceptors (Lipinski definition) is 9. The van der Waals surface area contributed by atoms with E-state index in [1.165, 1.54) is 29.2 Å². The molecular formula is C29H42N6O6S. The maximum absolute atomic E-state index is 12.7. The molecule has 0 bridgehead atoms. The number of primary amides is 1. The Kier molecular flexibility index (Phi) is 11.1. The van der Waals surface area contributed by atoms with Crippen molar-refractivity contribution in [2.45, 2.75) is 72.8 Å². The minimum absolute atomic E-state index is 0.162. The first-order valence-electron chi connectivity index (χ1n) is 13.3. The summed E-state index contributed by atoms with van der Waals surface area (Å²) in [5.41, 5.74) is 6.09.